The maximum absolute atomic E-state index is 12.8. The summed E-state index contributed by atoms with van der Waals surface area (Å²) in [5.41, 5.74) is -0.991. The van der Waals surface area contributed by atoms with Crippen molar-refractivity contribution in [2.75, 3.05) is 0 Å². The summed E-state index contributed by atoms with van der Waals surface area (Å²) in [6.45, 7) is 0. The van der Waals surface area contributed by atoms with E-state index in [2.05, 4.69) is 5.16 Å². The van der Waals surface area contributed by atoms with Gasteiger partial charge in [0.1, 0.15) is 0 Å². The molecule has 0 aliphatic heterocycles. The van der Waals surface area contributed by atoms with E-state index in [0.29, 0.717) is 0 Å². The van der Waals surface area contributed by atoms with Crippen LogP contribution in [0.15, 0.2) is 53.7 Å². The number of rotatable bonds is 4. The standard InChI is InChI=1S/C15H10F3NO3/c16-15(17,18)13-7-2-1-4-11(13)9-19-22-12-6-3-5-10(8-12)14(20)21/h1-9H,(H,20,21)/b19-9+. The first-order valence-corrected chi connectivity index (χ1v) is 6.08. The van der Waals surface area contributed by atoms with E-state index in [1.54, 1.807) is 0 Å². The Bertz CT molecular complexity index is 711. The molecule has 0 amide bonds. The molecule has 0 aliphatic carbocycles. The molecule has 114 valence electrons. The summed E-state index contributed by atoms with van der Waals surface area (Å²) >= 11 is 0. The number of carboxylic acid groups (broad SMARTS) is 1. The SMILES string of the molecule is O=C(O)c1cccc(O/N=C/c2ccccc2C(F)(F)F)c1. The molecule has 7 heteroatoms. The Morgan fingerprint density at radius 2 is 1.86 bits per heavy atom. The first-order valence-electron chi connectivity index (χ1n) is 6.08. The van der Waals surface area contributed by atoms with Crippen molar-refractivity contribution in [3.8, 4) is 5.75 Å². The van der Waals surface area contributed by atoms with Gasteiger partial charge in [-0.15, -0.1) is 0 Å². The smallest absolute Gasteiger partial charge is 0.417 e. The lowest BCUT2D eigenvalue weighted by Crippen LogP contribution is -2.08. The van der Waals surface area contributed by atoms with Crippen molar-refractivity contribution in [1.82, 2.24) is 0 Å². The van der Waals surface area contributed by atoms with Crippen LogP contribution in [0.5, 0.6) is 5.75 Å². The van der Waals surface area contributed by atoms with Gasteiger partial charge in [-0.3, -0.25) is 0 Å². The highest BCUT2D eigenvalue weighted by Crippen LogP contribution is 2.31. The highest BCUT2D eigenvalue weighted by molar-refractivity contribution is 5.88. The van der Waals surface area contributed by atoms with Crippen molar-refractivity contribution in [3.05, 3.63) is 65.2 Å². The van der Waals surface area contributed by atoms with E-state index in [-0.39, 0.29) is 16.9 Å². The van der Waals surface area contributed by atoms with Crippen LogP contribution in [0.25, 0.3) is 0 Å². The fraction of sp³-hybridized carbons (Fsp3) is 0.0667. The maximum atomic E-state index is 12.8. The highest BCUT2D eigenvalue weighted by atomic mass is 19.4. The monoisotopic (exact) mass is 309 g/mol. The molecule has 2 rings (SSSR count). The van der Waals surface area contributed by atoms with Gasteiger partial charge in [-0.05, 0) is 24.3 Å². The van der Waals surface area contributed by atoms with Crippen LogP contribution in [0, 0.1) is 0 Å². The van der Waals surface area contributed by atoms with E-state index >= 15 is 0 Å². The summed E-state index contributed by atoms with van der Waals surface area (Å²) in [4.78, 5) is 15.7. The molecule has 1 N–H and O–H groups in total. The molecule has 2 aromatic rings. The molecule has 0 radical (unpaired) electrons. The van der Waals surface area contributed by atoms with Gasteiger partial charge in [0.05, 0.1) is 17.3 Å². The first-order chi connectivity index (χ1) is 10.4. The van der Waals surface area contributed by atoms with Crippen LogP contribution in [0.3, 0.4) is 0 Å². The molecule has 0 spiro atoms. The van der Waals surface area contributed by atoms with Crippen LogP contribution in [0.4, 0.5) is 13.2 Å². The number of alkyl halides is 3. The quantitative estimate of drug-likeness (QED) is 0.690. The van der Waals surface area contributed by atoms with E-state index < -0.39 is 17.7 Å². The molecule has 0 fully saturated rings. The molecule has 0 saturated heterocycles. The van der Waals surface area contributed by atoms with E-state index in [1.165, 1.54) is 42.5 Å². The van der Waals surface area contributed by atoms with Crippen LogP contribution < -0.4 is 4.84 Å². The number of benzene rings is 2. The summed E-state index contributed by atoms with van der Waals surface area (Å²) in [7, 11) is 0. The normalized spacial score (nSPS) is 11.6. The Kier molecular flexibility index (Phi) is 4.45. The minimum absolute atomic E-state index is 0.0107. The number of oxime groups is 1. The molecular formula is C15H10F3NO3. The number of aromatic carboxylic acids is 1. The minimum Gasteiger partial charge on any atom is -0.478 e. The summed E-state index contributed by atoms with van der Waals surface area (Å²) in [5, 5.41) is 12.3. The fourth-order valence-corrected chi connectivity index (χ4v) is 1.70. The predicted octanol–water partition coefficient (Wildman–Crippen LogP) is 3.82. The van der Waals surface area contributed by atoms with Gasteiger partial charge < -0.3 is 9.94 Å². The third-order valence-corrected chi connectivity index (χ3v) is 2.70. The maximum Gasteiger partial charge on any atom is 0.417 e. The number of carboxylic acids is 1. The molecular weight excluding hydrogens is 299 g/mol. The largest absolute Gasteiger partial charge is 0.478 e. The lowest BCUT2D eigenvalue weighted by Gasteiger charge is -2.09. The minimum atomic E-state index is -4.49. The third-order valence-electron chi connectivity index (χ3n) is 2.70. The second-order valence-electron chi connectivity index (χ2n) is 4.24. The fourth-order valence-electron chi connectivity index (χ4n) is 1.70. The van der Waals surface area contributed by atoms with Crippen molar-refractivity contribution in [3.63, 3.8) is 0 Å². The number of hydrogen-bond donors (Lipinski definition) is 1. The van der Waals surface area contributed by atoms with E-state index in [0.717, 1.165) is 12.3 Å². The molecule has 22 heavy (non-hydrogen) atoms. The Balaban J connectivity index is 2.17. The van der Waals surface area contributed by atoms with E-state index in [1.807, 2.05) is 0 Å². The molecule has 0 bridgehead atoms. The average molecular weight is 309 g/mol. The molecule has 0 saturated carbocycles. The summed E-state index contributed by atoms with van der Waals surface area (Å²) in [6.07, 6.45) is -3.57. The summed E-state index contributed by atoms with van der Waals surface area (Å²) in [6, 6.07) is 10.4. The lowest BCUT2D eigenvalue weighted by molar-refractivity contribution is -0.137. The van der Waals surface area contributed by atoms with Gasteiger partial charge in [-0.25, -0.2) is 4.79 Å². The first kappa shape index (κ1) is 15.6. The average Bonchev–Trinajstić information content (AvgIpc) is 2.47. The Morgan fingerprint density at radius 3 is 2.55 bits per heavy atom. The summed E-state index contributed by atoms with van der Waals surface area (Å²) in [5.74, 6) is -1.03. The molecule has 2 aromatic carbocycles. The van der Waals surface area contributed by atoms with Gasteiger partial charge in [0.25, 0.3) is 0 Å². The van der Waals surface area contributed by atoms with Crippen molar-refractivity contribution >= 4 is 12.2 Å². The van der Waals surface area contributed by atoms with E-state index in [9.17, 15) is 18.0 Å². The molecule has 0 aliphatic rings. The van der Waals surface area contributed by atoms with Crippen molar-refractivity contribution < 1.29 is 27.9 Å². The Morgan fingerprint density at radius 1 is 1.14 bits per heavy atom. The van der Waals surface area contributed by atoms with Gasteiger partial charge in [0.15, 0.2) is 5.75 Å². The van der Waals surface area contributed by atoms with Gasteiger partial charge in [-0.1, -0.05) is 29.4 Å². The third kappa shape index (κ3) is 3.85. The Labute approximate surface area is 123 Å². The van der Waals surface area contributed by atoms with Crippen molar-refractivity contribution in [2.24, 2.45) is 5.16 Å². The second kappa shape index (κ2) is 6.30. The van der Waals surface area contributed by atoms with Crippen LogP contribution in [-0.2, 0) is 6.18 Å². The molecule has 4 nitrogen and oxygen atoms in total. The topological polar surface area (TPSA) is 58.9 Å². The van der Waals surface area contributed by atoms with Crippen LogP contribution in [-0.4, -0.2) is 17.3 Å². The molecule has 0 aromatic heterocycles. The molecule has 0 unspecified atom stereocenters. The van der Waals surface area contributed by atoms with Gasteiger partial charge in [-0.2, -0.15) is 13.2 Å². The number of carbonyl (C=O) groups is 1. The van der Waals surface area contributed by atoms with Crippen molar-refractivity contribution in [2.45, 2.75) is 6.18 Å². The zero-order chi connectivity index (χ0) is 16.2. The lowest BCUT2D eigenvalue weighted by atomic mass is 10.1. The van der Waals surface area contributed by atoms with Gasteiger partial charge in [0.2, 0.25) is 0 Å². The predicted molar refractivity (Wildman–Crippen MR) is 73.1 cm³/mol. The zero-order valence-corrected chi connectivity index (χ0v) is 11.0. The van der Waals surface area contributed by atoms with Crippen LogP contribution >= 0.6 is 0 Å². The Hall–Kier alpha value is -2.83. The van der Waals surface area contributed by atoms with E-state index in [4.69, 9.17) is 9.94 Å². The van der Waals surface area contributed by atoms with Gasteiger partial charge in [0, 0.05) is 5.56 Å². The summed E-state index contributed by atoms with van der Waals surface area (Å²) < 4.78 is 38.3. The zero-order valence-electron chi connectivity index (χ0n) is 11.0. The number of nitrogens with zero attached hydrogens (tertiary/aromatic N) is 1. The molecule has 0 atom stereocenters. The van der Waals surface area contributed by atoms with Crippen molar-refractivity contribution in [1.29, 1.82) is 0 Å². The van der Waals surface area contributed by atoms with Gasteiger partial charge >= 0.3 is 12.1 Å². The van der Waals surface area contributed by atoms with Crippen LogP contribution in [0.2, 0.25) is 0 Å². The highest BCUT2D eigenvalue weighted by Gasteiger charge is 2.32. The number of hydrogen-bond acceptors (Lipinski definition) is 3. The van der Waals surface area contributed by atoms with Crippen LogP contribution in [0.1, 0.15) is 21.5 Å². The number of halogens is 3. The second-order valence-corrected chi connectivity index (χ2v) is 4.24. The molecule has 0 heterocycles.